The fourth-order valence-electron chi connectivity index (χ4n) is 6.01. The van der Waals surface area contributed by atoms with Gasteiger partial charge in [0, 0.05) is 56.8 Å². The predicted octanol–water partition coefficient (Wildman–Crippen LogP) is 5.08. The van der Waals surface area contributed by atoms with Crippen LogP contribution in [0.2, 0.25) is 0 Å². The van der Waals surface area contributed by atoms with Gasteiger partial charge in [0.15, 0.2) is 0 Å². The number of nitrogens with zero attached hydrogens (tertiary/aromatic N) is 2. The summed E-state index contributed by atoms with van der Waals surface area (Å²) in [5.74, 6) is 0.189. The maximum absolute atomic E-state index is 13.3. The summed E-state index contributed by atoms with van der Waals surface area (Å²) in [5.41, 5.74) is 1.35. The molecule has 7 heteroatoms. The molecule has 1 aliphatic carbocycles. The number of ether oxygens (including phenoxy) is 2. The van der Waals surface area contributed by atoms with Crippen molar-refractivity contribution in [1.82, 2.24) is 9.47 Å². The molecule has 1 aromatic heterocycles. The Morgan fingerprint density at radius 3 is 2.33 bits per heavy atom. The molecule has 1 N–H and O–H groups in total. The van der Waals surface area contributed by atoms with Crippen LogP contribution in [0, 0.1) is 5.92 Å². The van der Waals surface area contributed by atoms with Crippen molar-refractivity contribution in [2.45, 2.75) is 82.6 Å². The molecular weight excluding hydrogens is 456 g/mol. The van der Waals surface area contributed by atoms with E-state index in [9.17, 15) is 14.7 Å². The lowest BCUT2D eigenvalue weighted by atomic mass is 9.73. The summed E-state index contributed by atoms with van der Waals surface area (Å²) in [7, 11) is 0. The van der Waals surface area contributed by atoms with Crippen molar-refractivity contribution in [2.75, 3.05) is 19.8 Å². The fourth-order valence-corrected chi connectivity index (χ4v) is 6.01. The largest absolute Gasteiger partial charge is 0.442 e. The first-order valence-corrected chi connectivity index (χ1v) is 13.3. The van der Waals surface area contributed by atoms with Crippen LogP contribution in [0.15, 0.2) is 47.4 Å². The molecule has 3 heterocycles. The van der Waals surface area contributed by atoms with Crippen LogP contribution < -0.4 is 5.56 Å². The Morgan fingerprint density at radius 2 is 1.75 bits per heavy atom. The molecule has 1 aromatic carbocycles. The monoisotopic (exact) mass is 494 g/mol. The van der Waals surface area contributed by atoms with E-state index in [1.807, 2.05) is 48.0 Å². The number of amides is 1. The Balaban J connectivity index is 1.30. The lowest BCUT2D eigenvalue weighted by Gasteiger charge is -2.49. The molecule has 36 heavy (non-hydrogen) atoms. The van der Waals surface area contributed by atoms with Gasteiger partial charge in [0.25, 0.3) is 5.56 Å². The molecule has 0 spiro atoms. The molecule has 2 unspecified atom stereocenters. The van der Waals surface area contributed by atoms with E-state index in [-0.39, 0.29) is 23.6 Å². The van der Waals surface area contributed by atoms with Crippen molar-refractivity contribution in [3.8, 4) is 11.1 Å². The van der Waals surface area contributed by atoms with E-state index in [0.717, 1.165) is 42.4 Å². The minimum Gasteiger partial charge on any atom is -0.442 e. The fraction of sp³-hybridized carbons (Fsp3) is 0.586. The third-order valence-electron chi connectivity index (χ3n) is 8.08. The normalized spacial score (nSPS) is 24.4. The standard InChI is InChI=1S/C29H38N2O5/c1-20(21-4-6-22(7-5-21)23-10-14-31(25-8-9-25)26(32)18-23)30-15-13-29(36-27(30)33,19-28(2,3)34)24-11-16-35-17-12-24/h4-7,10,14,18,20,24-25,34H,8-9,11-13,15-17,19H2,1-3H3. The zero-order valence-electron chi connectivity index (χ0n) is 21.6. The van der Waals surface area contributed by atoms with E-state index in [2.05, 4.69) is 0 Å². The first kappa shape index (κ1) is 25.0. The zero-order valence-corrected chi connectivity index (χ0v) is 21.6. The van der Waals surface area contributed by atoms with Gasteiger partial charge in [0.05, 0.1) is 11.6 Å². The van der Waals surface area contributed by atoms with Crippen molar-refractivity contribution in [3.05, 3.63) is 58.5 Å². The molecule has 0 radical (unpaired) electrons. The van der Waals surface area contributed by atoms with Gasteiger partial charge < -0.3 is 24.0 Å². The minimum absolute atomic E-state index is 0.0441. The van der Waals surface area contributed by atoms with Crippen LogP contribution in [-0.2, 0) is 9.47 Å². The molecule has 3 aliphatic rings. The summed E-state index contributed by atoms with van der Waals surface area (Å²) in [4.78, 5) is 27.6. The lowest BCUT2D eigenvalue weighted by Crippen LogP contribution is -2.57. The van der Waals surface area contributed by atoms with Crippen LogP contribution in [0.1, 0.15) is 76.9 Å². The molecule has 2 aliphatic heterocycles. The number of aliphatic hydroxyl groups is 1. The summed E-state index contributed by atoms with van der Waals surface area (Å²) in [5, 5.41) is 10.6. The quantitative estimate of drug-likeness (QED) is 0.581. The van der Waals surface area contributed by atoms with Gasteiger partial charge in [-0.05, 0) is 69.2 Å². The van der Waals surface area contributed by atoms with E-state index in [1.165, 1.54) is 0 Å². The molecule has 2 aromatic rings. The summed E-state index contributed by atoms with van der Waals surface area (Å²) in [6.07, 6.45) is 6.53. The van der Waals surface area contributed by atoms with Gasteiger partial charge in [-0.1, -0.05) is 24.3 Å². The first-order chi connectivity index (χ1) is 17.2. The van der Waals surface area contributed by atoms with Crippen molar-refractivity contribution >= 4 is 6.09 Å². The van der Waals surface area contributed by atoms with E-state index < -0.39 is 11.2 Å². The molecule has 2 saturated heterocycles. The van der Waals surface area contributed by atoms with Crippen LogP contribution in [0.4, 0.5) is 4.79 Å². The summed E-state index contributed by atoms with van der Waals surface area (Å²) in [6, 6.07) is 12.0. The molecular formula is C29H38N2O5. The SMILES string of the molecule is CC(c1ccc(-c2ccn(C3CC3)c(=O)c2)cc1)N1CCC(CC(C)(C)O)(C2CCOCC2)OC1=O. The average Bonchev–Trinajstić information content (AvgIpc) is 3.69. The highest BCUT2D eigenvalue weighted by Crippen LogP contribution is 2.43. The highest BCUT2D eigenvalue weighted by atomic mass is 16.6. The van der Waals surface area contributed by atoms with Gasteiger partial charge in [-0.3, -0.25) is 4.79 Å². The number of rotatable bonds is 7. The van der Waals surface area contributed by atoms with Crippen LogP contribution in [-0.4, -0.2) is 51.6 Å². The molecule has 3 fully saturated rings. The maximum Gasteiger partial charge on any atom is 0.410 e. The highest BCUT2D eigenvalue weighted by Gasteiger charge is 2.50. The molecule has 7 nitrogen and oxygen atoms in total. The van der Waals surface area contributed by atoms with Crippen molar-refractivity contribution < 1.29 is 19.4 Å². The minimum atomic E-state index is -0.929. The zero-order chi connectivity index (χ0) is 25.5. The van der Waals surface area contributed by atoms with Gasteiger partial charge in [0.1, 0.15) is 5.60 Å². The second-order valence-electron chi connectivity index (χ2n) is 11.4. The number of cyclic esters (lactones) is 1. The topological polar surface area (TPSA) is 81.0 Å². The number of hydrogen-bond donors (Lipinski definition) is 1. The van der Waals surface area contributed by atoms with E-state index in [1.54, 1.807) is 24.8 Å². The summed E-state index contributed by atoms with van der Waals surface area (Å²) < 4.78 is 13.6. The van der Waals surface area contributed by atoms with Crippen LogP contribution >= 0.6 is 0 Å². The second-order valence-corrected chi connectivity index (χ2v) is 11.4. The van der Waals surface area contributed by atoms with Crippen molar-refractivity contribution in [3.63, 3.8) is 0 Å². The van der Waals surface area contributed by atoms with Crippen LogP contribution in [0.3, 0.4) is 0 Å². The maximum atomic E-state index is 13.3. The van der Waals surface area contributed by atoms with Crippen LogP contribution in [0.5, 0.6) is 0 Å². The van der Waals surface area contributed by atoms with Crippen LogP contribution in [0.25, 0.3) is 11.1 Å². The Bertz CT molecular complexity index is 1140. The first-order valence-electron chi connectivity index (χ1n) is 13.3. The Labute approximate surface area is 213 Å². The summed E-state index contributed by atoms with van der Waals surface area (Å²) >= 11 is 0. The second kappa shape index (κ2) is 9.67. The van der Waals surface area contributed by atoms with E-state index in [0.29, 0.717) is 38.6 Å². The van der Waals surface area contributed by atoms with Gasteiger partial charge in [-0.2, -0.15) is 0 Å². The van der Waals surface area contributed by atoms with Gasteiger partial charge in [-0.25, -0.2) is 4.79 Å². The third kappa shape index (κ3) is 5.23. The predicted molar refractivity (Wildman–Crippen MR) is 138 cm³/mol. The molecule has 0 bridgehead atoms. The third-order valence-corrected chi connectivity index (χ3v) is 8.08. The van der Waals surface area contributed by atoms with Gasteiger partial charge in [-0.15, -0.1) is 0 Å². The van der Waals surface area contributed by atoms with E-state index >= 15 is 0 Å². The molecule has 1 amide bonds. The van der Waals surface area contributed by atoms with Crippen molar-refractivity contribution in [1.29, 1.82) is 0 Å². The number of carbonyl (C=O) groups excluding carboxylic acids is 1. The van der Waals surface area contributed by atoms with Gasteiger partial charge in [0.2, 0.25) is 0 Å². The molecule has 1 saturated carbocycles. The smallest absolute Gasteiger partial charge is 0.410 e. The Kier molecular flexibility index (Phi) is 6.72. The number of pyridine rings is 1. The number of benzene rings is 1. The highest BCUT2D eigenvalue weighted by molar-refractivity contribution is 5.70. The van der Waals surface area contributed by atoms with Gasteiger partial charge >= 0.3 is 6.09 Å². The molecule has 2 atom stereocenters. The molecule has 5 rings (SSSR count). The Hall–Kier alpha value is -2.64. The number of hydrogen-bond acceptors (Lipinski definition) is 5. The van der Waals surface area contributed by atoms with E-state index in [4.69, 9.17) is 9.47 Å². The Morgan fingerprint density at radius 1 is 1.06 bits per heavy atom. The molecule has 194 valence electrons. The summed E-state index contributed by atoms with van der Waals surface area (Å²) in [6.45, 7) is 7.49. The number of aromatic nitrogens is 1. The average molecular weight is 495 g/mol. The number of carbonyl (C=O) groups is 1. The lowest BCUT2D eigenvalue weighted by molar-refractivity contribution is -0.143. The van der Waals surface area contributed by atoms with Crippen molar-refractivity contribution in [2.24, 2.45) is 5.92 Å².